The molecule has 1 amide bonds. The summed E-state index contributed by atoms with van der Waals surface area (Å²) in [7, 11) is 0. The number of aromatic nitrogens is 3. The van der Waals surface area contributed by atoms with Crippen molar-refractivity contribution in [3.63, 3.8) is 0 Å². The number of phenols is 1. The molecule has 2 N–H and O–H groups in total. The zero-order valence-corrected chi connectivity index (χ0v) is 13.4. The Morgan fingerprint density at radius 3 is 2.64 bits per heavy atom. The van der Waals surface area contributed by atoms with Gasteiger partial charge in [0.25, 0.3) is 5.91 Å². The van der Waals surface area contributed by atoms with E-state index in [1.807, 2.05) is 53.1 Å². The van der Waals surface area contributed by atoms with Gasteiger partial charge in [0.05, 0.1) is 5.56 Å². The lowest BCUT2D eigenvalue weighted by molar-refractivity contribution is 0.0951. The average molecular weight is 332 g/mol. The van der Waals surface area contributed by atoms with Crippen LogP contribution < -0.4 is 5.32 Å². The highest BCUT2D eigenvalue weighted by molar-refractivity contribution is 6.01. The molecule has 25 heavy (non-hydrogen) atoms. The van der Waals surface area contributed by atoms with Crippen molar-refractivity contribution in [2.45, 2.75) is 6.42 Å². The Labute approximate surface area is 143 Å². The van der Waals surface area contributed by atoms with Gasteiger partial charge in [-0.15, -0.1) is 10.2 Å². The van der Waals surface area contributed by atoms with Crippen molar-refractivity contribution in [1.29, 1.82) is 0 Å². The predicted molar refractivity (Wildman–Crippen MR) is 94.6 cm³/mol. The Morgan fingerprint density at radius 1 is 1.04 bits per heavy atom. The van der Waals surface area contributed by atoms with Gasteiger partial charge in [-0.05, 0) is 35.0 Å². The maximum Gasteiger partial charge on any atom is 0.255 e. The third-order valence-electron chi connectivity index (χ3n) is 4.13. The fourth-order valence-corrected chi connectivity index (χ4v) is 2.85. The number of phenolic OH excluding ortho intramolecular Hbond substituents is 1. The van der Waals surface area contributed by atoms with Gasteiger partial charge in [0.2, 0.25) is 0 Å². The molecule has 4 aromatic rings. The van der Waals surface area contributed by atoms with E-state index in [9.17, 15) is 9.90 Å². The lowest BCUT2D eigenvalue weighted by Crippen LogP contribution is -2.26. The van der Waals surface area contributed by atoms with Crippen LogP contribution in [0.5, 0.6) is 5.75 Å². The lowest BCUT2D eigenvalue weighted by atomic mass is 10.1. The van der Waals surface area contributed by atoms with Gasteiger partial charge in [-0.2, -0.15) is 0 Å². The van der Waals surface area contributed by atoms with E-state index in [2.05, 4.69) is 15.5 Å². The van der Waals surface area contributed by atoms with E-state index < -0.39 is 0 Å². The van der Waals surface area contributed by atoms with Crippen molar-refractivity contribution >= 4 is 22.3 Å². The van der Waals surface area contributed by atoms with Crippen LogP contribution in [0.2, 0.25) is 0 Å². The molecule has 2 heterocycles. The van der Waals surface area contributed by atoms with Gasteiger partial charge in [0.1, 0.15) is 11.6 Å². The van der Waals surface area contributed by atoms with Crippen LogP contribution in [-0.4, -0.2) is 32.2 Å². The van der Waals surface area contributed by atoms with Crippen LogP contribution in [0.3, 0.4) is 0 Å². The summed E-state index contributed by atoms with van der Waals surface area (Å²) in [6.07, 6.45) is 2.44. The number of rotatable bonds is 4. The van der Waals surface area contributed by atoms with Crippen LogP contribution in [0.1, 0.15) is 16.2 Å². The summed E-state index contributed by atoms with van der Waals surface area (Å²) >= 11 is 0. The Bertz CT molecular complexity index is 1070. The molecule has 0 unspecified atom stereocenters. The minimum atomic E-state index is -0.308. The molecule has 0 bridgehead atoms. The summed E-state index contributed by atoms with van der Waals surface area (Å²) in [5.41, 5.74) is 1.04. The molecular weight excluding hydrogens is 316 g/mol. The van der Waals surface area contributed by atoms with Crippen molar-refractivity contribution in [3.8, 4) is 5.75 Å². The van der Waals surface area contributed by atoms with Crippen molar-refractivity contribution in [1.82, 2.24) is 19.9 Å². The standard InChI is InChI=1S/C19H16N4O2/c24-16-12-14-6-2-1-5-13(14)11-15(16)19(25)20-9-8-18-22-21-17-7-3-4-10-23(17)18/h1-7,10-12,24H,8-9H2,(H,20,25). The highest BCUT2D eigenvalue weighted by atomic mass is 16.3. The van der Waals surface area contributed by atoms with E-state index in [4.69, 9.17) is 0 Å². The quantitative estimate of drug-likeness (QED) is 0.602. The van der Waals surface area contributed by atoms with Crippen LogP contribution in [0.25, 0.3) is 16.4 Å². The molecule has 0 aliphatic heterocycles. The number of benzene rings is 2. The maximum absolute atomic E-state index is 12.4. The largest absolute Gasteiger partial charge is 0.507 e. The molecule has 6 heteroatoms. The van der Waals surface area contributed by atoms with Crippen molar-refractivity contribution in [2.75, 3.05) is 6.54 Å². The first-order valence-corrected chi connectivity index (χ1v) is 8.01. The fraction of sp³-hybridized carbons (Fsp3) is 0.105. The topological polar surface area (TPSA) is 79.5 Å². The molecule has 0 saturated carbocycles. The van der Waals surface area contributed by atoms with Gasteiger partial charge in [-0.25, -0.2) is 0 Å². The number of pyridine rings is 1. The number of carbonyl (C=O) groups is 1. The molecule has 4 rings (SSSR count). The summed E-state index contributed by atoms with van der Waals surface area (Å²) in [5.74, 6) is 0.444. The van der Waals surface area contributed by atoms with E-state index >= 15 is 0 Å². The molecule has 0 saturated heterocycles. The van der Waals surface area contributed by atoms with Gasteiger partial charge in [0.15, 0.2) is 5.65 Å². The molecular formula is C19H16N4O2. The summed E-state index contributed by atoms with van der Waals surface area (Å²) < 4.78 is 1.89. The summed E-state index contributed by atoms with van der Waals surface area (Å²) in [5, 5.41) is 23.0. The number of hydrogen-bond acceptors (Lipinski definition) is 4. The van der Waals surface area contributed by atoms with Crippen LogP contribution in [0.15, 0.2) is 60.8 Å². The molecule has 0 spiro atoms. The molecule has 2 aromatic heterocycles. The number of nitrogens with zero attached hydrogens (tertiary/aromatic N) is 3. The zero-order valence-electron chi connectivity index (χ0n) is 13.4. The van der Waals surface area contributed by atoms with E-state index in [0.29, 0.717) is 13.0 Å². The smallest absolute Gasteiger partial charge is 0.255 e. The molecule has 124 valence electrons. The van der Waals surface area contributed by atoms with Gasteiger partial charge in [0, 0.05) is 19.2 Å². The van der Waals surface area contributed by atoms with Crippen molar-refractivity contribution < 1.29 is 9.90 Å². The number of amides is 1. The minimum absolute atomic E-state index is 0.0240. The second-order valence-corrected chi connectivity index (χ2v) is 5.77. The SMILES string of the molecule is O=C(NCCc1nnc2ccccn12)c1cc2ccccc2cc1O. The number of carbonyl (C=O) groups excluding carboxylic acids is 1. The first-order chi connectivity index (χ1) is 12.2. The fourth-order valence-electron chi connectivity index (χ4n) is 2.85. The maximum atomic E-state index is 12.4. The third kappa shape index (κ3) is 2.89. The van der Waals surface area contributed by atoms with Gasteiger partial charge in [-0.3, -0.25) is 9.20 Å². The van der Waals surface area contributed by atoms with Crippen LogP contribution >= 0.6 is 0 Å². The molecule has 0 fully saturated rings. The summed E-state index contributed by atoms with van der Waals surface area (Å²) in [4.78, 5) is 12.4. The Morgan fingerprint density at radius 2 is 1.80 bits per heavy atom. The second-order valence-electron chi connectivity index (χ2n) is 5.77. The Hall–Kier alpha value is -3.41. The van der Waals surface area contributed by atoms with E-state index in [-0.39, 0.29) is 17.2 Å². The first-order valence-electron chi connectivity index (χ1n) is 8.01. The average Bonchev–Trinajstić information content (AvgIpc) is 3.04. The molecule has 0 atom stereocenters. The number of nitrogens with one attached hydrogen (secondary N) is 1. The molecule has 0 radical (unpaired) electrons. The predicted octanol–water partition coefficient (Wildman–Crippen LogP) is 2.56. The van der Waals surface area contributed by atoms with E-state index in [0.717, 1.165) is 22.2 Å². The van der Waals surface area contributed by atoms with Crippen LogP contribution in [0, 0.1) is 0 Å². The Balaban J connectivity index is 1.48. The number of fused-ring (bicyclic) bond motifs is 2. The third-order valence-corrected chi connectivity index (χ3v) is 4.13. The molecule has 6 nitrogen and oxygen atoms in total. The van der Waals surface area contributed by atoms with Crippen LogP contribution in [-0.2, 0) is 6.42 Å². The van der Waals surface area contributed by atoms with Gasteiger partial charge >= 0.3 is 0 Å². The lowest BCUT2D eigenvalue weighted by Gasteiger charge is -2.08. The highest BCUT2D eigenvalue weighted by Gasteiger charge is 2.12. The van der Waals surface area contributed by atoms with E-state index in [1.165, 1.54) is 0 Å². The number of hydrogen-bond donors (Lipinski definition) is 2. The molecule has 0 aliphatic carbocycles. The zero-order chi connectivity index (χ0) is 17.2. The second kappa shape index (κ2) is 6.24. The normalized spacial score (nSPS) is 11.0. The van der Waals surface area contributed by atoms with Gasteiger partial charge < -0.3 is 10.4 Å². The highest BCUT2D eigenvalue weighted by Crippen LogP contribution is 2.24. The summed E-state index contributed by atoms with van der Waals surface area (Å²) in [6, 6.07) is 16.6. The van der Waals surface area contributed by atoms with Crippen LogP contribution in [0.4, 0.5) is 0 Å². The first kappa shape index (κ1) is 15.1. The molecule has 0 aliphatic rings. The van der Waals surface area contributed by atoms with Gasteiger partial charge in [-0.1, -0.05) is 30.3 Å². The Kier molecular flexibility index (Phi) is 3.78. The van der Waals surface area contributed by atoms with Crippen molar-refractivity contribution in [2.24, 2.45) is 0 Å². The number of aromatic hydroxyl groups is 1. The summed E-state index contributed by atoms with van der Waals surface area (Å²) in [6.45, 7) is 0.404. The molecule has 2 aromatic carbocycles. The van der Waals surface area contributed by atoms with E-state index in [1.54, 1.807) is 12.1 Å². The monoisotopic (exact) mass is 332 g/mol. The minimum Gasteiger partial charge on any atom is -0.507 e. The van der Waals surface area contributed by atoms with Crippen molar-refractivity contribution in [3.05, 3.63) is 72.2 Å².